The van der Waals surface area contributed by atoms with Crippen LogP contribution in [0.25, 0.3) is 10.2 Å². The van der Waals surface area contributed by atoms with Crippen molar-refractivity contribution in [2.45, 2.75) is 38.8 Å². The van der Waals surface area contributed by atoms with Crippen molar-refractivity contribution >= 4 is 33.3 Å². The van der Waals surface area contributed by atoms with Crippen molar-refractivity contribution < 1.29 is 4.79 Å². The lowest BCUT2D eigenvalue weighted by molar-refractivity contribution is 0.0951. The van der Waals surface area contributed by atoms with E-state index in [2.05, 4.69) is 20.6 Å². The Morgan fingerprint density at radius 1 is 0.903 bits per heavy atom. The van der Waals surface area contributed by atoms with Crippen LogP contribution in [0.1, 0.15) is 44.8 Å². The number of fused-ring (bicyclic) bond motifs is 3. The van der Waals surface area contributed by atoms with Gasteiger partial charge in [-0.2, -0.15) is 0 Å². The smallest absolute Gasteiger partial charge is 0.251 e. The molecule has 0 spiro atoms. The van der Waals surface area contributed by atoms with Crippen LogP contribution >= 0.6 is 11.3 Å². The van der Waals surface area contributed by atoms with Crippen molar-refractivity contribution in [2.75, 3.05) is 5.32 Å². The van der Waals surface area contributed by atoms with Crippen LogP contribution < -0.4 is 10.6 Å². The van der Waals surface area contributed by atoms with Gasteiger partial charge in [0.05, 0.1) is 5.39 Å². The van der Waals surface area contributed by atoms with E-state index in [1.54, 1.807) is 6.33 Å². The number of hydrogen-bond donors (Lipinski definition) is 2. The van der Waals surface area contributed by atoms with Crippen LogP contribution in [-0.4, -0.2) is 15.9 Å². The molecule has 0 fully saturated rings. The maximum absolute atomic E-state index is 12.4. The summed E-state index contributed by atoms with van der Waals surface area (Å²) in [5.41, 5.74) is 4.29. The number of carbonyl (C=O) groups is 1. The average Bonchev–Trinajstić information content (AvgIpc) is 3.21. The molecule has 0 saturated heterocycles. The zero-order valence-electron chi connectivity index (χ0n) is 17.2. The molecule has 1 amide bonds. The van der Waals surface area contributed by atoms with E-state index in [1.165, 1.54) is 28.7 Å². The molecule has 0 bridgehead atoms. The van der Waals surface area contributed by atoms with E-state index in [-0.39, 0.29) is 5.91 Å². The number of thiophene rings is 1. The molecule has 5 nitrogen and oxygen atoms in total. The second kappa shape index (κ2) is 8.86. The van der Waals surface area contributed by atoms with Crippen LogP contribution in [0, 0.1) is 0 Å². The van der Waals surface area contributed by atoms with Gasteiger partial charge in [-0.1, -0.05) is 42.5 Å². The number of aromatic nitrogens is 2. The lowest BCUT2D eigenvalue weighted by Gasteiger charge is -2.12. The first kappa shape index (κ1) is 19.7. The van der Waals surface area contributed by atoms with Crippen LogP contribution in [-0.2, 0) is 25.9 Å². The van der Waals surface area contributed by atoms with Crippen molar-refractivity contribution in [3.8, 4) is 0 Å². The second-order valence-electron chi connectivity index (χ2n) is 7.83. The number of amides is 1. The molecule has 4 aromatic rings. The topological polar surface area (TPSA) is 66.9 Å². The first-order valence-electron chi connectivity index (χ1n) is 10.7. The minimum atomic E-state index is -0.0641. The summed E-state index contributed by atoms with van der Waals surface area (Å²) in [5, 5.41) is 7.65. The van der Waals surface area contributed by atoms with E-state index in [1.807, 2.05) is 65.9 Å². The number of aryl methyl sites for hydroxylation is 2. The van der Waals surface area contributed by atoms with Crippen LogP contribution in [0.4, 0.5) is 5.82 Å². The summed E-state index contributed by atoms with van der Waals surface area (Å²) in [7, 11) is 0. The molecule has 5 rings (SSSR count). The van der Waals surface area contributed by atoms with Gasteiger partial charge in [0.25, 0.3) is 5.91 Å². The van der Waals surface area contributed by atoms with E-state index in [9.17, 15) is 4.79 Å². The van der Waals surface area contributed by atoms with E-state index >= 15 is 0 Å². The van der Waals surface area contributed by atoms with Crippen molar-refractivity contribution in [1.29, 1.82) is 0 Å². The Balaban J connectivity index is 1.24. The standard InChI is InChI=1S/C25H24N4OS/c30-24(27-15-17-6-2-1-3-7-17)19-12-10-18(11-13-19)14-26-23-22-20-8-4-5-9-21(20)31-25(22)29-16-28-23/h1-3,6-7,10-13,16H,4-5,8-9,14-15H2,(H,27,30)(H,26,28,29). The largest absolute Gasteiger partial charge is 0.365 e. The Bertz CT molecular complexity index is 1200. The number of hydrogen-bond acceptors (Lipinski definition) is 5. The third kappa shape index (κ3) is 4.30. The fraction of sp³-hybridized carbons (Fsp3) is 0.240. The highest BCUT2D eigenvalue weighted by Crippen LogP contribution is 2.38. The van der Waals surface area contributed by atoms with Gasteiger partial charge < -0.3 is 10.6 Å². The fourth-order valence-electron chi connectivity index (χ4n) is 4.06. The van der Waals surface area contributed by atoms with Crippen molar-refractivity contribution in [3.63, 3.8) is 0 Å². The maximum atomic E-state index is 12.4. The number of nitrogens with one attached hydrogen (secondary N) is 2. The number of rotatable bonds is 6. The predicted octanol–water partition coefficient (Wildman–Crippen LogP) is 5.11. The van der Waals surface area contributed by atoms with Crippen molar-refractivity contribution in [2.24, 2.45) is 0 Å². The molecule has 0 unspecified atom stereocenters. The van der Waals surface area contributed by atoms with Crippen LogP contribution in [0.5, 0.6) is 0 Å². The SMILES string of the molecule is O=C(NCc1ccccc1)c1ccc(CNc2ncnc3sc4c(c23)CCCC4)cc1. The number of benzene rings is 2. The first-order valence-corrected chi connectivity index (χ1v) is 11.5. The summed E-state index contributed by atoms with van der Waals surface area (Å²) in [4.78, 5) is 24.0. The van der Waals surface area contributed by atoms with Gasteiger partial charge in [-0.3, -0.25) is 4.79 Å². The minimum absolute atomic E-state index is 0.0641. The number of carbonyl (C=O) groups excluding carboxylic acids is 1. The van der Waals surface area contributed by atoms with E-state index < -0.39 is 0 Å². The highest BCUT2D eigenvalue weighted by molar-refractivity contribution is 7.19. The molecule has 0 saturated carbocycles. The van der Waals surface area contributed by atoms with Gasteiger partial charge in [0.1, 0.15) is 17.0 Å². The normalized spacial score (nSPS) is 13.0. The van der Waals surface area contributed by atoms with Crippen LogP contribution in [0.3, 0.4) is 0 Å². The minimum Gasteiger partial charge on any atom is -0.365 e. The molecule has 2 heterocycles. The molecular formula is C25H24N4OS. The summed E-state index contributed by atoms with van der Waals surface area (Å²) in [6.45, 7) is 1.18. The van der Waals surface area contributed by atoms with E-state index in [0.29, 0.717) is 18.7 Å². The Morgan fingerprint density at radius 2 is 1.68 bits per heavy atom. The Morgan fingerprint density at radius 3 is 2.52 bits per heavy atom. The van der Waals surface area contributed by atoms with E-state index in [0.717, 1.165) is 34.6 Å². The van der Waals surface area contributed by atoms with Gasteiger partial charge >= 0.3 is 0 Å². The van der Waals surface area contributed by atoms with Gasteiger partial charge in [0.15, 0.2) is 0 Å². The third-order valence-corrected chi connectivity index (χ3v) is 6.92. The molecular weight excluding hydrogens is 404 g/mol. The van der Waals surface area contributed by atoms with Crippen molar-refractivity contribution in [3.05, 3.63) is 88.1 Å². The van der Waals surface area contributed by atoms with Crippen LogP contribution in [0.2, 0.25) is 0 Å². The van der Waals surface area contributed by atoms with Gasteiger partial charge in [0.2, 0.25) is 0 Å². The summed E-state index contributed by atoms with van der Waals surface area (Å²) in [5.74, 6) is 0.847. The van der Waals surface area contributed by atoms with Gasteiger partial charge in [-0.25, -0.2) is 9.97 Å². The molecule has 1 aliphatic rings. The molecule has 6 heteroatoms. The summed E-state index contributed by atoms with van der Waals surface area (Å²) < 4.78 is 0. The zero-order chi connectivity index (χ0) is 21.0. The van der Waals surface area contributed by atoms with Gasteiger partial charge in [-0.15, -0.1) is 11.3 Å². The number of nitrogens with zero attached hydrogens (tertiary/aromatic N) is 2. The molecule has 0 aliphatic heterocycles. The Labute approximate surface area is 185 Å². The highest BCUT2D eigenvalue weighted by atomic mass is 32.1. The molecule has 0 atom stereocenters. The Hall–Kier alpha value is -3.25. The quantitative estimate of drug-likeness (QED) is 0.448. The monoisotopic (exact) mass is 428 g/mol. The Kier molecular flexibility index (Phi) is 5.63. The zero-order valence-corrected chi connectivity index (χ0v) is 18.0. The molecule has 1 aliphatic carbocycles. The van der Waals surface area contributed by atoms with Gasteiger partial charge in [0, 0.05) is 23.5 Å². The van der Waals surface area contributed by atoms with Gasteiger partial charge in [-0.05, 0) is 54.5 Å². The summed E-state index contributed by atoms with van der Waals surface area (Å²) in [6, 6.07) is 17.7. The lowest BCUT2D eigenvalue weighted by atomic mass is 9.97. The average molecular weight is 429 g/mol. The molecule has 2 aromatic heterocycles. The molecule has 156 valence electrons. The highest BCUT2D eigenvalue weighted by Gasteiger charge is 2.19. The second-order valence-corrected chi connectivity index (χ2v) is 8.92. The summed E-state index contributed by atoms with van der Waals surface area (Å²) in [6.07, 6.45) is 6.42. The third-order valence-electron chi connectivity index (χ3n) is 5.72. The molecule has 2 aromatic carbocycles. The first-order chi connectivity index (χ1) is 15.3. The maximum Gasteiger partial charge on any atom is 0.251 e. The summed E-state index contributed by atoms with van der Waals surface area (Å²) >= 11 is 1.81. The van der Waals surface area contributed by atoms with E-state index in [4.69, 9.17) is 0 Å². The van der Waals surface area contributed by atoms with Crippen molar-refractivity contribution in [1.82, 2.24) is 15.3 Å². The lowest BCUT2D eigenvalue weighted by Crippen LogP contribution is -2.22. The molecule has 2 N–H and O–H groups in total. The fourth-order valence-corrected chi connectivity index (χ4v) is 5.29. The number of anilines is 1. The molecule has 0 radical (unpaired) electrons. The molecule has 31 heavy (non-hydrogen) atoms. The predicted molar refractivity (Wildman–Crippen MR) is 125 cm³/mol. The van der Waals surface area contributed by atoms with Crippen LogP contribution in [0.15, 0.2) is 60.9 Å².